The first-order chi connectivity index (χ1) is 30.5. The van der Waals surface area contributed by atoms with Crippen molar-refractivity contribution in [3.8, 4) is 44.9 Å². The summed E-state index contributed by atoms with van der Waals surface area (Å²) in [5, 5.41) is 4.56. The minimum Gasteiger partial charge on any atom is -0.455 e. The molecular weight excluding hydrogens is 751 g/mol. The monoisotopic (exact) mass is 791 g/mol. The fourth-order valence-electron chi connectivity index (χ4n) is 11.3. The Morgan fingerprint density at radius 2 is 0.919 bits per heavy atom. The number of ether oxygens (including phenoxy) is 1. The zero-order chi connectivity index (χ0) is 41.2. The molecule has 0 saturated heterocycles. The summed E-state index contributed by atoms with van der Waals surface area (Å²) in [4.78, 5) is 2.51. The highest BCUT2D eigenvalue weighted by molar-refractivity contribution is 6.03. The largest absolute Gasteiger partial charge is 0.455 e. The van der Waals surface area contributed by atoms with Gasteiger partial charge in [0.2, 0.25) is 0 Å². The van der Waals surface area contributed by atoms with Crippen molar-refractivity contribution in [2.45, 2.75) is 24.7 Å². The summed E-state index contributed by atoms with van der Waals surface area (Å²) in [6.07, 6.45) is 0. The molecule has 2 aliphatic carbocycles. The Morgan fingerprint density at radius 1 is 0.371 bits per heavy atom. The topological polar surface area (TPSA) is 12.5 Å². The summed E-state index contributed by atoms with van der Waals surface area (Å²) >= 11 is 0. The number of anilines is 3. The maximum absolute atomic E-state index is 7.27. The van der Waals surface area contributed by atoms with Crippen molar-refractivity contribution in [1.29, 1.82) is 0 Å². The van der Waals surface area contributed by atoms with Gasteiger partial charge in [0, 0.05) is 44.3 Å². The first-order valence-corrected chi connectivity index (χ1v) is 21.7. The van der Waals surface area contributed by atoms with Gasteiger partial charge in [0.25, 0.3) is 0 Å². The molecule has 292 valence electrons. The van der Waals surface area contributed by atoms with Gasteiger partial charge >= 0.3 is 0 Å². The van der Waals surface area contributed by atoms with Gasteiger partial charge < -0.3 is 9.64 Å². The third-order valence-corrected chi connectivity index (χ3v) is 14.1. The Morgan fingerprint density at radius 3 is 1.66 bits per heavy atom. The Balaban J connectivity index is 1.13. The molecular formula is C60H41NO. The summed E-state index contributed by atoms with van der Waals surface area (Å²) < 4.78 is 7.27. The van der Waals surface area contributed by atoms with E-state index in [1.807, 2.05) is 0 Å². The van der Waals surface area contributed by atoms with E-state index in [1.165, 1.54) is 55.6 Å². The number of rotatable bonds is 4. The molecule has 0 aromatic heterocycles. The number of hydrogen-bond acceptors (Lipinski definition) is 2. The molecule has 0 N–H and O–H groups in total. The van der Waals surface area contributed by atoms with E-state index in [-0.39, 0.29) is 5.41 Å². The molecule has 0 unspecified atom stereocenters. The van der Waals surface area contributed by atoms with Crippen molar-refractivity contribution >= 4 is 38.6 Å². The molecule has 10 aromatic carbocycles. The van der Waals surface area contributed by atoms with E-state index in [0.29, 0.717) is 0 Å². The first kappa shape index (κ1) is 35.1. The normalized spacial score (nSPS) is 14.4. The average Bonchev–Trinajstić information content (AvgIpc) is 3.75. The number of nitrogens with zero attached hydrogens (tertiary/aromatic N) is 1. The molecule has 1 heterocycles. The molecule has 62 heavy (non-hydrogen) atoms. The highest BCUT2D eigenvalue weighted by Crippen LogP contribution is 2.66. The highest BCUT2D eigenvalue weighted by Gasteiger charge is 2.52. The van der Waals surface area contributed by atoms with E-state index in [0.717, 1.165) is 61.2 Å². The van der Waals surface area contributed by atoms with Crippen LogP contribution in [0.1, 0.15) is 47.2 Å². The second-order valence-electron chi connectivity index (χ2n) is 17.6. The van der Waals surface area contributed by atoms with Gasteiger partial charge in [-0.1, -0.05) is 196 Å². The molecule has 0 atom stereocenters. The minimum atomic E-state index is -0.655. The van der Waals surface area contributed by atoms with Crippen molar-refractivity contribution in [2.24, 2.45) is 0 Å². The van der Waals surface area contributed by atoms with Crippen LogP contribution in [0.3, 0.4) is 0 Å². The molecule has 2 heteroatoms. The van der Waals surface area contributed by atoms with Crippen molar-refractivity contribution in [2.75, 3.05) is 4.90 Å². The summed E-state index contributed by atoms with van der Waals surface area (Å²) in [7, 11) is 0. The molecule has 0 saturated carbocycles. The SMILES string of the molecule is CC1(C)c2ccccc2-c2cc(N(c3cccc(-c4ccccc4)c3)c3cccc4c3-c3ccccc3C43c4ccc5ccccc5c4Oc4c3ccc3ccccc43)ccc21. The maximum atomic E-state index is 7.27. The minimum absolute atomic E-state index is 0.0972. The van der Waals surface area contributed by atoms with Crippen LogP contribution in [0.15, 0.2) is 212 Å². The second kappa shape index (κ2) is 12.9. The summed E-state index contributed by atoms with van der Waals surface area (Å²) in [6, 6.07) is 78.5. The lowest BCUT2D eigenvalue weighted by molar-refractivity contribution is 0.447. The van der Waals surface area contributed by atoms with E-state index in [4.69, 9.17) is 4.74 Å². The lowest BCUT2D eigenvalue weighted by Crippen LogP contribution is -2.32. The maximum Gasteiger partial charge on any atom is 0.140 e. The molecule has 3 aliphatic rings. The summed E-state index contributed by atoms with van der Waals surface area (Å²) in [5.41, 5.74) is 17.6. The smallest absolute Gasteiger partial charge is 0.140 e. The van der Waals surface area contributed by atoms with Gasteiger partial charge in [-0.15, -0.1) is 0 Å². The molecule has 0 bridgehead atoms. The first-order valence-electron chi connectivity index (χ1n) is 21.7. The Kier molecular flexibility index (Phi) is 7.31. The zero-order valence-electron chi connectivity index (χ0n) is 34.6. The van der Waals surface area contributed by atoms with Crippen molar-refractivity contribution < 1.29 is 4.74 Å². The molecule has 2 nitrogen and oxygen atoms in total. The average molecular weight is 792 g/mol. The van der Waals surface area contributed by atoms with E-state index in [2.05, 4.69) is 231 Å². The second-order valence-corrected chi connectivity index (χ2v) is 17.6. The van der Waals surface area contributed by atoms with Crippen LogP contribution in [0.4, 0.5) is 17.1 Å². The van der Waals surface area contributed by atoms with Gasteiger partial charge in [-0.25, -0.2) is 0 Å². The summed E-state index contributed by atoms with van der Waals surface area (Å²) in [5.74, 6) is 1.85. The fraction of sp³-hybridized carbons (Fsp3) is 0.0667. The van der Waals surface area contributed by atoms with Crippen LogP contribution in [0.2, 0.25) is 0 Å². The molecule has 0 fully saturated rings. The number of fused-ring (bicyclic) bond motifs is 16. The van der Waals surface area contributed by atoms with Crippen LogP contribution < -0.4 is 9.64 Å². The molecule has 1 spiro atoms. The van der Waals surface area contributed by atoms with E-state index in [9.17, 15) is 0 Å². The van der Waals surface area contributed by atoms with Gasteiger partial charge in [-0.05, 0) is 91.2 Å². The van der Waals surface area contributed by atoms with Crippen LogP contribution in [0.5, 0.6) is 11.5 Å². The lowest BCUT2D eigenvalue weighted by Gasteiger charge is -2.40. The van der Waals surface area contributed by atoms with Crippen LogP contribution in [-0.4, -0.2) is 0 Å². The van der Waals surface area contributed by atoms with Gasteiger partial charge in [0.15, 0.2) is 0 Å². The number of benzene rings is 10. The van der Waals surface area contributed by atoms with Gasteiger partial charge in [0.1, 0.15) is 11.5 Å². The Bertz CT molecular complexity index is 3400. The zero-order valence-corrected chi connectivity index (χ0v) is 34.6. The molecule has 0 amide bonds. The van der Waals surface area contributed by atoms with E-state index >= 15 is 0 Å². The van der Waals surface area contributed by atoms with E-state index in [1.54, 1.807) is 0 Å². The molecule has 13 rings (SSSR count). The summed E-state index contributed by atoms with van der Waals surface area (Å²) in [6.45, 7) is 4.71. The number of hydrogen-bond donors (Lipinski definition) is 0. The third-order valence-electron chi connectivity index (χ3n) is 14.1. The van der Waals surface area contributed by atoms with Crippen LogP contribution >= 0.6 is 0 Å². The van der Waals surface area contributed by atoms with E-state index < -0.39 is 5.41 Å². The standard InChI is InChI=1S/C60H41NO/c1-59(2)49-26-12-10-24-46(49)48-37-43(32-35-50(48)59)61(42-21-14-20-41(36-42)38-16-4-3-5-17-38)55-29-15-28-52-56(55)47-25-11-13-27-51(47)60(52)53-33-30-39-18-6-8-22-44(39)57(53)62-58-45-23-9-7-19-40(45)31-34-54(58)60/h3-37H,1-2H3. The third kappa shape index (κ3) is 4.69. The quantitative estimate of drug-likeness (QED) is 0.176. The predicted molar refractivity (Wildman–Crippen MR) is 257 cm³/mol. The predicted octanol–water partition coefficient (Wildman–Crippen LogP) is 15.9. The van der Waals surface area contributed by atoms with Gasteiger partial charge in [-0.2, -0.15) is 0 Å². The Hall–Kier alpha value is -7.68. The van der Waals surface area contributed by atoms with Crippen LogP contribution in [-0.2, 0) is 10.8 Å². The molecule has 10 aromatic rings. The highest BCUT2D eigenvalue weighted by atomic mass is 16.5. The van der Waals surface area contributed by atoms with Gasteiger partial charge in [0.05, 0.1) is 11.1 Å². The van der Waals surface area contributed by atoms with Crippen molar-refractivity contribution in [3.63, 3.8) is 0 Å². The fourth-order valence-corrected chi connectivity index (χ4v) is 11.3. The van der Waals surface area contributed by atoms with Gasteiger partial charge in [-0.3, -0.25) is 0 Å². The van der Waals surface area contributed by atoms with Crippen LogP contribution in [0.25, 0.3) is 54.9 Å². The van der Waals surface area contributed by atoms with Crippen molar-refractivity contribution in [1.82, 2.24) is 0 Å². The molecule has 1 aliphatic heterocycles. The Labute approximate surface area is 362 Å². The van der Waals surface area contributed by atoms with Crippen molar-refractivity contribution in [3.05, 3.63) is 246 Å². The van der Waals surface area contributed by atoms with Crippen LogP contribution in [0, 0.1) is 0 Å². The molecule has 0 radical (unpaired) electrons. The lowest BCUT2D eigenvalue weighted by atomic mass is 9.65.